The van der Waals surface area contributed by atoms with Gasteiger partial charge in [0.2, 0.25) is 5.91 Å². The van der Waals surface area contributed by atoms with Gasteiger partial charge in [-0.25, -0.2) is 4.68 Å². The van der Waals surface area contributed by atoms with Gasteiger partial charge >= 0.3 is 0 Å². The highest BCUT2D eigenvalue weighted by Gasteiger charge is 2.22. The fraction of sp³-hybridized carbons (Fsp3) is 0.286. The summed E-state index contributed by atoms with van der Waals surface area (Å²) in [6.45, 7) is 3.39. The zero-order valence-electron chi connectivity index (χ0n) is 15.9. The number of carbonyl (C=O) groups excluding carboxylic acids is 1. The van der Waals surface area contributed by atoms with Crippen LogP contribution in [0, 0.1) is 11.3 Å². The predicted octanol–water partition coefficient (Wildman–Crippen LogP) is 1.01. The van der Waals surface area contributed by atoms with Crippen LogP contribution in [0.2, 0.25) is 0 Å². The largest absolute Gasteiger partial charge is 0.339 e. The third-order valence-electron chi connectivity index (χ3n) is 5.13. The van der Waals surface area contributed by atoms with Gasteiger partial charge in [-0.05, 0) is 29.8 Å². The normalized spacial score (nSPS) is 14.7. The lowest BCUT2D eigenvalue weighted by atomic mass is 10.1. The molecule has 0 atom stereocenters. The van der Waals surface area contributed by atoms with Crippen LogP contribution in [-0.4, -0.2) is 56.9 Å². The molecule has 29 heavy (non-hydrogen) atoms. The van der Waals surface area contributed by atoms with E-state index in [1.54, 1.807) is 29.2 Å². The Morgan fingerprint density at radius 1 is 1.03 bits per heavy atom. The lowest BCUT2D eigenvalue weighted by Gasteiger charge is -2.34. The Morgan fingerprint density at radius 2 is 1.76 bits per heavy atom. The highest BCUT2D eigenvalue weighted by molar-refractivity contribution is 5.78. The first kappa shape index (κ1) is 18.8. The maximum atomic E-state index is 12.6. The van der Waals surface area contributed by atoms with Crippen LogP contribution in [0.4, 0.5) is 0 Å². The zero-order chi connectivity index (χ0) is 20.2. The number of fused-ring (bicyclic) bond motifs is 1. The predicted molar refractivity (Wildman–Crippen MR) is 107 cm³/mol. The van der Waals surface area contributed by atoms with Gasteiger partial charge in [0.25, 0.3) is 5.56 Å². The molecule has 0 spiro atoms. The van der Waals surface area contributed by atoms with Crippen molar-refractivity contribution in [2.24, 2.45) is 0 Å². The molecule has 146 valence electrons. The molecule has 4 rings (SSSR count). The van der Waals surface area contributed by atoms with E-state index in [4.69, 9.17) is 5.26 Å². The highest BCUT2D eigenvalue weighted by atomic mass is 16.2. The fourth-order valence-corrected chi connectivity index (χ4v) is 3.45. The average molecular weight is 388 g/mol. The lowest BCUT2D eigenvalue weighted by Crippen LogP contribution is -2.49. The number of nitriles is 1. The number of benzene rings is 2. The van der Waals surface area contributed by atoms with Crippen LogP contribution >= 0.6 is 0 Å². The van der Waals surface area contributed by atoms with E-state index in [1.807, 2.05) is 24.3 Å². The van der Waals surface area contributed by atoms with E-state index in [-0.39, 0.29) is 18.0 Å². The van der Waals surface area contributed by atoms with Crippen molar-refractivity contribution < 1.29 is 4.79 Å². The first-order valence-corrected chi connectivity index (χ1v) is 9.46. The Balaban J connectivity index is 1.35. The van der Waals surface area contributed by atoms with Gasteiger partial charge in [-0.15, -0.1) is 5.10 Å². The topological polar surface area (TPSA) is 95.1 Å². The van der Waals surface area contributed by atoms with Gasteiger partial charge in [-0.1, -0.05) is 29.5 Å². The molecule has 3 aromatic rings. The van der Waals surface area contributed by atoms with Crippen LogP contribution < -0.4 is 5.56 Å². The summed E-state index contributed by atoms with van der Waals surface area (Å²) in [4.78, 5) is 29.2. The molecule has 1 fully saturated rings. The molecule has 1 aliphatic rings. The molecule has 1 aromatic heterocycles. The maximum absolute atomic E-state index is 12.6. The van der Waals surface area contributed by atoms with Crippen molar-refractivity contribution in [2.75, 3.05) is 26.2 Å². The molecule has 1 saturated heterocycles. The Labute approximate surface area is 167 Å². The number of nitrogens with zero attached hydrogens (tertiary/aromatic N) is 6. The number of carbonyl (C=O) groups is 1. The highest BCUT2D eigenvalue weighted by Crippen LogP contribution is 2.10. The SMILES string of the molecule is N#Cc1ccc(CN2CCN(C(=O)Cn3nnc4ccccc4c3=O)CC2)cc1. The number of aromatic nitrogens is 3. The third kappa shape index (κ3) is 4.15. The first-order chi connectivity index (χ1) is 14.1. The fourth-order valence-electron chi connectivity index (χ4n) is 3.45. The van der Waals surface area contributed by atoms with Gasteiger partial charge in [0.05, 0.1) is 17.0 Å². The maximum Gasteiger partial charge on any atom is 0.278 e. The monoisotopic (exact) mass is 388 g/mol. The van der Waals surface area contributed by atoms with E-state index in [2.05, 4.69) is 21.3 Å². The summed E-state index contributed by atoms with van der Waals surface area (Å²) in [5.74, 6) is -0.130. The van der Waals surface area contributed by atoms with E-state index in [1.165, 1.54) is 0 Å². The first-order valence-electron chi connectivity index (χ1n) is 9.46. The molecule has 0 radical (unpaired) electrons. The van der Waals surface area contributed by atoms with Crippen molar-refractivity contribution in [3.05, 3.63) is 70.0 Å². The van der Waals surface area contributed by atoms with E-state index in [0.717, 1.165) is 29.9 Å². The van der Waals surface area contributed by atoms with Crippen molar-refractivity contribution >= 4 is 16.8 Å². The summed E-state index contributed by atoms with van der Waals surface area (Å²) in [6, 6.07) is 16.6. The Kier molecular flexibility index (Phi) is 5.31. The zero-order valence-corrected chi connectivity index (χ0v) is 15.9. The number of hydrogen-bond acceptors (Lipinski definition) is 6. The van der Waals surface area contributed by atoms with Crippen molar-refractivity contribution in [1.29, 1.82) is 5.26 Å². The minimum absolute atomic E-state index is 0.105. The average Bonchev–Trinajstić information content (AvgIpc) is 2.77. The molecule has 0 bridgehead atoms. The van der Waals surface area contributed by atoms with Gasteiger partial charge < -0.3 is 4.90 Å². The van der Waals surface area contributed by atoms with E-state index < -0.39 is 0 Å². The summed E-state index contributed by atoms with van der Waals surface area (Å²) in [6.07, 6.45) is 0. The second-order valence-corrected chi connectivity index (χ2v) is 7.04. The molecule has 2 aromatic carbocycles. The van der Waals surface area contributed by atoms with Crippen molar-refractivity contribution in [3.63, 3.8) is 0 Å². The summed E-state index contributed by atoms with van der Waals surface area (Å²) in [7, 11) is 0. The molecular formula is C21H20N6O2. The number of piperazine rings is 1. The second-order valence-electron chi connectivity index (χ2n) is 7.04. The molecule has 2 heterocycles. The van der Waals surface area contributed by atoms with Crippen molar-refractivity contribution in [2.45, 2.75) is 13.1 Å². The minimum Gasteiger partial charge on any atom is -0.339 e. The van der Waals surface area contributed by atoms with Gasteiger partial charge in [0.15, 0.2) is 0 Å². The summed E-state index contributed by atoms with van der Waals surface area (Å²) in [5.41, 5.74) is 2.01. The minimum atomic E-state index is -0.302. The van der Waals surface area contributed by atoms with E-state index >= 15 is 0 Å². The standard InChI is InChI=1S/C21H20N6O2/c22-13-16-5-7-17(8-6-16)14-25-9-11-26(12-10-25)20(28)15-27-21(29)18-3-1-2-4-19(18)23-24-27/h1-8H,9-12,14-15H2. The van der Waals surface area contributed by atoms with E-state index in [9.17, 15) is 9.59 Å². The second kappa shape index (κ2) is 8.20. The van der Waals surface area contributed by atoms with Crippen LogP contribution in [0.3, 0.4) is 0 Å². The van der Waals surface area contributed by atoms with Crippen molar-refractivity contribution in [1.82, 2.24) is 24.8 Å². The molecule has 1 amide bonds. The molecule has 0 unspecified atom stereocenters. The quantitative estimate of drug-likeness (QED) is 0.662. The number of amides is 1. The van der Waals surface area contributed by atoms with Gasteiger partial charge in [0, 0.05) is 32.7 Å². The van der Waals surface area contributed by atoms with E-state index in [0.29, 0.717) is 29.6 Å². The molecule has 0 aliphatic carbocycles. The summed E-state index contributed by atoms with van der Waals surface area (Å²) in [5, 5.41) is 17.3. The van der Waals surface area contributed by atoms with Crippen molar-refractivity contribution in [3.8, 4) is 6.07 Å². The lowest BCUT2D eigenvalue weighted by molar-refractivity contribution is -0.134. The molecule has 0 saturated carbocycles. The Bertz CT molecular complexity index is 1120. The van der Waals surface area contributed by atoms with Crippen LogP contribution in [0.25, 0.3) is 10.9 Å². The van der Waals surface area contributed by atoms with Crippen LogP contribution in [-0.2, 0) is 17.9 Å². The van der Waals surface area contributed by atoms with Crippen LogP contribution in [0.1, 0.15) is 11.1 Å². The Hall–Kier alpha value is -3.57. The smallest absolute Gasteiger partial charge is 0.278 e. The van der Waals surface area contributed by atoms with Crippen LogP contribution in [0.5, 0.6) is 0 Å². The molecule has 0 N–H and O–H groups in total. The molecule has 1 aliphatic heterocycles. The molecule has 8 heteroatoms. The van der Waals surface area contributed by atoms with Crippen LogP contribution in [0.15, 0.2) is 53.3 Å². The third-order valence-corrected chi connectivity index (χ3v) is 5.13. The number of hydrogen-bond donors (Lipinski definition) is 0. The molecule has 8 nitrogen and oxygen atoms in total. The number of rotatable bonds is 4. The van der Waals surface area contributed by atoms with Gasteiger partial charge in [0.1, 0.15) is 12.1 Å². The van der Waals surface area contributed by atoms with Gasteiger partial charge in [-0.2, -0.15) is 5.26 Å². The summed E-state index contributed by atoms with van der Waals surface area (Å²) >= 11 is 0. The molecular weight excluding hydrogens is 368 g/mol. The van der Waals surface area contributed by atoms with Gasteiger partial charge in [-0.3, -0.25) is 14.5 Å². The summed E-state index contributed by atoms with van der Waals surface area (Å²) < 4.78 is 1.13. The Morgan fingerprint density at radius 3 is 2.48 bits per heavy atom.